The van der Waals surface area contributed by atoms with Crippen LogP contribution in [0.4, 0.5) is 0 Å². The molecular formula is C12H26N2O. The van der Waals surface area contributed by atoms with E-state index in [1.807, 2.05) is 0 Å². The number of amides is 1. The molecule has 0 aliphatic heterocycles. The van der Waals surface area contributed by atoms with Crippen LogP contribution in [0.25, 0.3) is 0 Å². The predicted molar refractivity (Wildman–Crippen MR) is 64.8 cm³/mol. The summed E-state index contributed by atoms with van der Waals surface area (Å²) in [5, 5.41) is 6.10. The molecule has 2 atom stereocenters. The lowest BCUT2D eigenvalue weighted by atomic mass is 10.0. The second-order valence-electron chi connectivity index (χ2n) is 4.38. The quantitative estimate of drug-likeness (QED) is 0.648. The number of carbonyl (C=O) groups is 1. The minimum absolute atomic E-state index is 0.104. The van der Waals surface area contributed by atoms with E-state index in [1.165, 1.54) is 6.42 Å². The minimum Gasteiger partial charge on any atom is -0.355 e. The Kier molecular flexibility index (Phi) is 8.38. The summed E-state index contributed by atoms with van der Waals surface area (Å²) in [6.07, 6.45) is 3.33. The summed E-state index contributed by atoms with van der Waals surface area (Å²) in [4.78, 5) is 11.3. The predicted octanol–water partition coefficient (Wildman–Crippen LogP) is 1.93. The van der Waals surface area contributed by atoms with Crippen LogP contribution in [0.1, 0.15) is 47.0 Å². The Morgan fingerprint density at radius 3 is 2.47 bits per heavy atom. The van der Waals surface area contributed by atoms with Gasteiger partial charge >= 0.3 is 0 Å². The monoisotopic (exact) mass is 214 g/mol. The number of rotatable bonds is 8. The van der Waals surface area contributed by atoms with Gasteiger partial charge in [0.25, 0.3) is 0 Å². The number of carbonyl (C=O) groups excluding carboxylic acids is 1. The summed E-state index contributed by atoms with van der Waals surface area (Å²) in [6, 6.07) is 0.423. The Hall–Kier alpha value is -0.570. The van der Waals surface area contributed by atoms with E-state index in [9.17, 15) is 4.79 Å². The smallest absolute Gasteiger partial charge is 0.233 e. The Bertz CT molecular complexity index is 171. The molecule has 0 aliphatic rings. The SMILES string of the molecule is CCCNC(=O)CNC(C)CC(C)CC. The van der Waals surface area contributed by atoms with E-state index in [1.54, 1.807) is 0 Å². The van der Waals surface area contributed by atoms with Crippen LogP contribution in [-0.2, 0) is 4.79 Å². The summed E-state index contributed by atoms with van der Waals surface area (Å²) in [5.41, 5.74) is 0. The van der Waals surface area contributed by atoms with Crippen LogP contribution in [0.2, 0.25) is 0 Å². The van der Waals surface area contributed by atoms with Crippen molar-refractivity contribution in [3.05, 3.63) is 0 Å². The zero-order valence-electron chi connectivity index (χ0n) is 10.6. The summed E-state index contributed by atoms with van der Waals surface area (Å²) in [7, 11) is 0. The van der Waals surface area contributed by atoms with Gasteiger partial charge in [-0.15, -0.1) is 0 Å². The first-order valence-corrected chi connectivity index (χ1v) is 6.10. The molecule has 0 saturated heterocycles. The van der Waals surface area contributed by atoms with E-state index in [2.05, 4.69) is 38.3 Å². The fourth-order valence-electron chi connectivity index (χ4n) is 1.45. The summed E-state index contributed by atoms with van der Waals surface area (Å²) in [5.74, 6) is 0.832. The van der Waals surface area contributed by atoms with Crippen LogP contribution in [0, 0.1) is 5.92 Å². The van der Waals surface area contributed by atoms with E-state index in [0.29, 0.717) is 12.6 Å². The maximum Gasteiger partial charge on any atom is 0.233 e. The number of hydrogen-bond acceptors (Lipinski definition) is 2. The lowest BCUT2D eigenvalue weighted by Crippen LogP contribution is -2.38. The van der Waals surface area contributed by atoms with Crippen LogP contribution >= 0.6 is 0 Å². The van der Waals surface area contributed by atoms with E-state index in [0.717, 1.165) is 25.3 Å². The van der Waals surface area contributed by atoms with Crippen molar-refractivity contribution in [3.63, 3.8) is 0 Å². The summed E-state index contributed by atoms with van der Waals surface area (Å²) >= 11 is 0. The Morgan fingerprint density at radius 2 is 1.93 bits per heavy atom. The lowest BCUT2D eigenvalue weighted by molar-refractivity contribution is -0.120. The molecule has 0 heterocycles. The van der Waals surface area contributed by atoms with E-state index in [4.69, 9.17) is 0 Å². The van der Waals surface area contributed by atoms with Gasteiger partial charge in [-0.05, 0) is 25.7 Å². The first-order chi connectivity index (χ1) is 7.10. The molecule has 0 aromatic rings. The molecule has 0 saturated carbocycles. The van der Waals surface area contributed by atoms with Gasteiger partial charge < -0.3 is 10.6 Å². The van der Waals surface area contributed by atoms with Gasteiger partial charge in [-0.2, -0.15) is 0 Å². The lowest BCUT2D eigenvalue weighted by Gasteiger charge is -2.17. The highest BCUT2D eigenvalue weighted by Crippen LogP contribution is 2.08. The van der Waals surface area contributed by atoms with Gasteiger partial charge in [-0.3, -0.25) is 4.79 Å². The van der Waals surface area contributed by atoms with Crippen molar-refractivity contribution in [3.8, 4) is 0 Å². The molecule has 3 nitrogen and oxygen atoms in total. The van der Waals surface area contributed by atoms with Gasteiger partial charge in [0.05, 0.1) is 6.54 Å². The molecule has 0 aromatic heterocycles. The molecule has 90 valence electrons. The molecule has 0 radical (unpaired) electrons. The zero-order valence-corrected chi connectivity index (χ0v) is 10.6. The second-order valence-corrected chi connectivity index (χ2v) is 4.38. The Labute approximate surface area is 94.0 Å². The van der Waals surface area contributed by atoms with Crippen LogP contribution in [0.15, 0.2) is 0 Å². The highest BCUT2D eigenvalue weighted by molar-refractivity contribution is 5.77. The fourth-order valence-corrected chi connectivity index (χ4v) is 1.45. The molecule has 1 amide bonds. The largest absolute Gasteiger partial charge is 0.355 e. The van der Waals surface area contributed by atoms with Crippen LogP contribution in [-0.4, -0.2) is 25.0 Å². The third-order valence-electron chi connectivity index (χ3n) is 2.64. The maximum absolute atomic E-state index is 11.3. The first-order valence-electron chi connectivity index (χ1n) is 6.10. The van der Waals surface area contributed by atoms with Crippen LogP contribution < -0.4 is 10.6 Å². The molecule has 0 bridgehead atoms. The standard InChI is InChI=1S/C12H26N2O/c1-5-7-13-12(15)9-14-11(4)8-10(3)6-2/h10-11,14H,5-9H2,1-4H3,(H,13,15). The van der Waals surface area contributed by atoms with E-state index >= 15 is 0 Å². The molecule has 0 aromatic carbocycles. The van der Waals surface area contributed by atoms with E-state index in [-0.39, 0.29) is 5.91 Å². The highest BCUT2D eigenvalue weighted by atomic mass is 16.1. The third kappa shape index (κ3) is 8.43. The normalized spacial score (nSPS) is 14.7. The molecule has 2 N–H and O–H groups in total. The number of hydrogen-bond donors (Lipinski definition) is 2. The molecule has 0 fully saturated rings. The minimum atomic E-state index is 0.104. The molecule has 0 rings (SSSR count). The summed E-state index contributed by atoms with van der Waals surface area (Å²) < 4.78 is 0. The average molecular weight is 214 g/mol. The van der Waals surface area contributed by atoms with Gasteiger partial charge in [0, 0.05) is 12.6 Å². The molecule has 0 spiro atoms. The average Bonchev–Trinajstić information content (AvgIpc) is 2.23. The fraction of sp³-hybridized carbons (Fsp3) is 0.917. The third-order valence-corrected chi connectivity index (χ3v) is 2.64. The van der Waals surface area contributed by atoms with Gasteiger partial charge in [-0.1, -0.05) is 27.2 Å². The topological polar surface area (TPSA) is 41.1 Å². The Morgan fingerprint density at radius 1 is 1.27 bits per heavy atom. The van der Waals surface area contributed by atoms with Gasteiger partial charge in [0.1, 0.15) is 0 Å². The van der Waals surface area contributed by atoms with Crippen molar-refractivity contribution in [1.29, 1.82) is 0 Å². The van der Waals surface area contributed by atoms with Gasteiger partial charge in [0.2, 0.25) is 5.91 Å². The first kappa shape index (κ1) is 14.4. The van der Waals surface area contributed by atoms with Crippen molar-refractivity contribution >= 4 is 5.91 Å². The molecular weight excluding hydrogens is 188 g/mol. The second kappa shape index (κ2) is 8.72. The van der Waals surface area contributed by atoms with Crippen molar-refractivity contribution in [2.45, 2.75) is 53.0 Å². The zero-order chi connectivity index (χ0) is 11.7. The number of nitrogens with one attached hydrogen (secondary N) is 2. The van der Waals surface area contributed by atoms with Crippen molar-refractivity contribution in [2.24, 2.45) is 5.92 Å². The van der Waals surface area contributed by atoms with Gasteiger partial charge in [-0.25, -0.2) is 0 Å². The Balaban J connectivity index is 3.52. The van der Waals surface area contributed by atoms with Crippen molar-refractivity contribution in [2.75, 3.05) is 13.1 Å². The van der Waals surface area contributed by atoms with Crippen molar-refractivity contribution < 1.29 is 4.79 Å². The van der Waals surface area contributed by atoms with Crippen LogP contribution in [0.3, 0.4) is 0 Å². The van der Waals surface area contributed by atoms with Crippen molar-refractivity contribution in [1.82, 2.24) is 10.6 Å². The maximum atomic E-state index is 11.3. The van der Waals surface area contributed by atoms with Gasteiger partial charge in [0.15, 0.2) is 0 Å². The molecule has 15 heavy (non-hydrogen) atoms. The van der Waals surface area contributed by atoms with E-state index < -0.39 is 0 Å². The molecule has 3 heteroatoms. The highest BCUT2D eigenvalue weighted by Gasteiger charge is 2.08. The summed E-state index contributed by atoms with van der Waals surface area (Å²) in [6.45, 7) is 9.86. The molecule has 2 unspecified atom stereocenters. The van der Waals surface area contributed by atoms with Crippen LogP contribution in [0.5, 0.6) is 0 Å². The molecule has 0 aliphatic carbocycles.